The zero-order valence-corrected chi connectivity index (χ0v) is 23.1. The first-order chi connectivity index (χ1) is 19.2. The number of Topliss-reactive ketones (excluding diaryl/α,β-unsaturated/α-hetero) is 2. The third-order valence-electron chi connectivity index (χ3n) is 8.01. The van der Waals surface area contributed by atoms with E-state index in [-0.39, 0.29) is 42.8 Å². The number of nitrogens with one attached hydrogen (secondary N) is 2. The van der Waals surface area contributed by atoms with Gasteiger partial charge < -0.3 is 41.7 Å². The summed E-state index contributed by atoms with van der Waals surface area (Å²) >= 11 is 0. The molecule has 0 saturated carbocycles. The standard InChI is InChI=1S/C27H34FN5O8/c1-32(2)15-9-14(31-16(34)10-30-6-5-28)21(35)18-12(15)7-11-8-13-20(33(3)4)23(37)19(26(29)40)25(39)27(13,41)24(38)17(11)22(18)36/h9,11,13,20,30,35,37-38,41H,5-8,10H2,1-4H3,(H2,29,40)(H,31,34)/t11?,13?,20-,27?/m0/s1. The molecular formula is C27H34FN5O8. The number of benzene rings is 1. The summed E-state index contributed by atoms with van der Waals surface area (Å²) in [4.78, 5) is 55.1. The number of nitrogens with two attached hydrogens (primary N) is 1. The number of phenolic OH excluding ortho intramolecular Hbond substituents is 1. The van der Waals surface area contributed by atoms with Crippen molar-refractivity contribution in [1.82, 2.24) is 10.2 Å². The number of hydrogen-bond donors (Lipinski definition) is 7. The molecule has 14 heteroatoms. The molecule has 41 heavy (non-hydrogen) atoms. The Morgan fingerprint density at radius 2 is 1.83 bits per heavy atom. The number of nitrogens with zero attached hydrogens (tertiary/aromatic N) is 2. The highest BCUT2D eigenvalue weighted by atomic mass is 19.1. The Labute approximate surface area is 235 Å². The lowest BCUT2D eigenvalue weighted by Crippen LogP contribution is -2.63. The Kier molecular flexibility index (Phi) is 7.86. The molecule has 3 aliphatic rings. The Bertz CT molecular complexity index is 1400. The normalized spacial score (nSPS) is 25.6. The Hall–Kier alpha value is -4.01. The van der Waals surface area contributed by atoms with Gasteiger partial charge in [-0.2, -0.15) is 0 Å². The van der Waals surface area contributed by atoms with E-state index in [0.29, 0.717) is 11.3 Å². The number of ketones is 2. The maximum absolute atomic E-state index is 14.0. The summed E-state index contributed by atoms with van der Waals surface area (Å²) in [7, 11) is 6.50. The lowest BCUT2D eigenvalue weighted by atomic mass is 9.58. The van der Waals surface area contributed by atoms with Gasteiger partial charge in [0.25, 0.3) is 5.91 Å². The molecule has 222 valence electrons. The minimum atomic E-state index is -2.75. The van der Waals surface area contributed by atoms with Gasteiger partial charge in [0.15, 0.2) is 17.1 Å². The predicted octanol–water partition coefficient (Wildman–Crippen LogP) is -0.316. The highest BCUT2D eigenvalue weighted by Gasteiger charge is 2.63. The van der Waals surface area contributed by atoms with Gasteiger partial charge in [-0.25, -0.2) is 4.39 Å². The van der Waals surface area contributed by atoms with Crippen molar-refractivity contribution in [3.05, 3.63) is 39.9 Å². The number of primary amides is 1. The molecule has 8 N–H and O–H groups in total. The van der Waals surface area contributed by atoms with Gasteiger partial charge in [0.05, 0.1) is 23.8 Å². The van der Waals surface area contributed by atoms with Crippen LogP contribution in [0.3, 0.4) is 0 Å². The fourth-order valence-electron chi connectivity index (χ4n) is 6.26. The molecule has 13 nitrogen and oxygen atoms in total. The Balaban J connectivity index is 1.88. The summed E-state index contributed by atoms with van der Waals surface area (Å²) < 4.78 is 12.4. The number of halogens is 1. The summed E-state index contributed by atoms with van der Waals surface area (Å²) in [5, 5.41) is 50.2. The maximum atomic E-state index is 14.0. The Morgan fingerprint density at radius 1 is 1.17 bits per heavy atom. The van der Waals surface area contributed by atoms with Gasteiger partial charge in [-0.3, -0.25) is 24.1 Å². The van der Waals surface area contributed by atoms with Crippen molar-refractivity contribution in [3.8, 4) is 5.75 Å². The number of aromatic hydroxyl groups is 1. The van der Waals surface area contributed by atoms with Gasteiger partial charge in [0.1, 0.15) is 23.8 Å². The second-order valence-electron chi connectivity index (χ2n) is 10.9. The number of aliphatic hydroxyl groups is 3. The lowest BCUT2D eigenvalue weighted by Gasteiger charge is -2.50. The Morgan fingerprint density at radius 3 is 2.39 bits per heavy atom. The summed E-state index contributed by atoms with van der Waals surface area (Å²) in [5.41, 5.74) is 1.97. The number of carbonyl (C=O) groups excluding carboxylic acids is 4. The van der Waals surface area contributed by atoms with Crippen molar-refractivity contribution in [2.24, 2.45) is 17.6 Å². The van der Waals surface area contributed by atoms with Crippen molar-refractivity contribution in [1.29, 1.82) is 0 Å². The van der Waals surface area contributed by atoms with Crippen LogP contribution in [0.2, 0.25) is 0 Å². The molecule has 3 aliphatic carbocycles. The molecule has 0 saturated heterocycles. The zero-order chi connectivity index (χ0) is 30.5. The van der Waals surface area contributed by atoms with Crippen LogP contribution in [0.4, 0.5) is 15.8 Å². The molecule has 0 aliphatic heterocycles. The zero-order valence-electron chi connectivity index (χ0n) is 23.1. The number of fused-ring (bicyclic) bond motifs is 3. The van der Waals surface area contributed by atoms with E-state index in [0.717, 1.165) is 0 Å². The fraction of sp³-hybridized carbons (Fsp3) is 0.481. The van der Waals surface area contributed by atoms with Crippen LogP contribution in [-0.2, 0) is 20.8 Å². The minimum Gasteiger partial charge on any atom is -0.510 e. The van der Waals surface area contributed by atoms with Gasteiger partial charge in [0.2, 0.25) is 11.7 Å². The number of hydrogen-bond acceptors (Lipinski definition) is 11. The van der Waals surface area contributed by atoms with E-state index in [1.807, 2.05) is 0 Å². The molecule has 1 aromatic carbocycles. The molecule has 2 amide bonds. The molecule has 4 atom stereocenters. The summed E-state index contributed by atoms with van der Waals surface area (Å²) in [5.74, 6) is -8.19. The second kappa shape index (κ2) is 10.8. The first kappa shape index (κ1) is 30.0. The van der Waals surface area contributed by atoms with E-state index in [1.54, 1.807) is 33.1 Å². The van der Waals surface area contributed by atoms with E-state index in [2.05, 4.69) is 10.6 Å². The molecule has 4 rings (SSSR count). The summed E-state index contributed by atoms with van der Waals surface area (Å²) in [6.07, 6.45) is 0.0556. The van der Waals surface area contributed by atoms with Gasteiger partial charge in [-0.05, 0) is 44.5 Å². The third-order valence-corrected chi connectivity index (χ3v) is 8.01. The summed E-state index contributed by atoms with van der Waals surface area (Å²) in [6, 6.07) is 0.397. The van der Waals surface area contributed by atoms with Crippen LogP contribution in [-0.4, -0.2) is 108 Å². The van der Waals surface area contributed by atoms with Crippen molar-refractivity contribution < 1.29 is 44.0 Å². The quantitative estimate of drug-likeness (QED) is 0.122. The van der Waals surface area contributed by atoms with Gasteiger partial charge in [-0.1, -0.05) is 0 Å². The molecule has 0 spiro atoms. The van der Waals surface area contributed by atoms with Gasteiger partial charge in [-0.15, -0.1) is 0 Å². The predicted molar refractivity (Wildman–Crippen MR) is 145 cm³/mol. The van der Waals surface area contributed by atoms with Gasteiger partial charge in [0, 0.05) is 37.8 Å². The molecule has 1 aromatic rings. The average molecular weight is 576 g/mol. The molecule has 0 radical (unpaired) electrons. The monoisotopic (exact) mass is 575 g/mol. The number of likely N-dealkylation sites (N-methyl/N-ethyl adjacent to an activating group) is 1. The number of anilines is 2. The van der Waals surface area contributed by atoms with E-state index < -0.39 is 76.4 Å². The minimum absolute atomic E-state index is 0.0435. The average Bonchev–Trinajstić information content (AvgIpc) is 2.87. The van der Waals surface area contributed by atoms with Crippen LogP contribution in [0.1, 0.15) is 22.3 Å². The number of alkyl halides is 1. The van der Waals surface area contributed by atoms with Crippen LogP contribution in [0, 0.1) is 11.8 Å². The first-order valence-corrected chi connectivity index (χ1v) is 13.0. The van der Waals surface area contributed by atoms with Gasteiger partial charge >= 0.3 is 0 Å². The number of carbonyl (C=O) groups is 4. The van der Waals surface area contributed by atoms with Crippen LogP contribution < -0.4 is 21.3 Å². The first-order valence-electron chi connectivity index (χ1n) is 13.0. The second-order valence-corrected chi connectivity index (χ2v) is 10.9. The van der Waals surface area contributed by atoms with Crippen LogP contribution in [0.15, 0.2) is 28.7 Å². The molecule has 0 heterocycles. The SMILES string of the molecule is CN(C)c1cc(NC(=O)CNCCF)c(O)c2c1CC1CC3[C@H](N(C)C)C(O)=C(C(N)=O)C(=O)C3(O)C(O)=C1C2=O. The number of aliphatic hydroxyl groups excluding tert-OH is 2. The van der Waals surface area contributed by atoms with E-state index >= 15 is 0 Å². The number of allylic oxidation sites excluding steroid dienone is 1. The smallest absolute Gasteiger partial charge is 0.255 e. The molecule has 0 fully saturated rings. The highest BCUT2D eigenvalue weighted by molar-refractivity contribution is 6.25. The number of phenols is 1. The highest BCUT2D eigenvalue weighted by Crippen LogP contribution is 2.53. The van der Waals surface area contributed by atoms with E-state index in [1.165, 1.54) is 11.0 Å². The van der Waals surface area contributed by atoms with Crippen molar-refractivity contribution >= 4 is 34.8 Å². The van der Waals surface area contributed by atoms with Crippen LogP contribution in [0.25, 0.3) is 0 Å². The van der Waals surface area contributed by atoms with Crippen molar-refractivity contribution in [2.45, 2.75) is 24.5 Å². The van der Waals surface area contributed by atoms with E-state index in [4.69, 9.17) is 5.73 Å². The summed E-state index contributed by atoms with van der Waals surface area (Å²) in [6.45, 7) is -0.995. The molecule has 3 unspecified atom stereocenters. The fourth-order valence-corrected chi connectivity index (χ4v) is 6.26. The van der Waals surface area contributed by atoms with Crippen LogP contribution >= 0.6 is 0 Å². The molecule has 0 aromatic heterocycles. The number of rotatable bonds is 8. The molecule has 0 bridgehead atoms. The number of amides is 2. The maximum Gasteiger partial charge on any atom is 0.255 e. The van der Waals surface area contributed by atoms with Crippen molar-refractivity contribution in [2.75, 3.05) is 58.2 Å². The lowest BCUT2D eigenvalue weighted by molar-refractivity contribution is -0.148. The molecular weight excluding hydrogens is 541 g/mol. The van der Waals surface area contributed by atoms with Crippen LogP contribution in [0.5, 0.6) is 5.75 Å². The van der Waals surface area contributed by atoms with Crippen molar-refractivity contribution in [3.63, 3.8) is 0 Å². The third kappa shape index (κ3) is 4.61. The largest absolute Gasteiger partial charge is 0.510 e. The van der Waals surface area contributed by atoms with E-state index in [9.17, 15) is 44.0 Å². The topological polar surface area (TPSA) is 206 Å².